The Morgan fingerprint density at radius 1 is 1.12 bits per heavy atom. The number of amides is 1. The summed E-state index contributed by atoms with van der Waals surface area (Å²) < 4.78 is 20.3. The summed E-state index contributed by atoms with van der Waals surface area (Å²) in [6.07, 6.45) is 6.84. The average Bonchev–Trinajstić information content (AvgIpc) is 3.46. The third-order valence-electron chi connectivity index (χ3n) is 5.01. The minimum atomic E-state index is -0.406. The zero-order valence-electron chi connectivity index (χ0n) is 17.7. The Bertz CT molecular complexity index is 1230. The second kappa shape index (κ2) is 9.62. The van der Waals surface area contributed by atoms with Gasteiger partial charge in [0.05, 0.1) is 7.11 Å². The number of nitrogens with zero attached hydrogens (tertiary/aromatic N) is 2. The lowest BCUT2D eigenvalue weighted by atomic mass is 10.1. The maximum atomic E-state index is 13.1. The van der Waals surface area contributed by atoms with Crippen molar-refractivity contribution in [2.75, 3.05) is 7.11 Å². The summed E-state index contributed by atoms with van der Waals surface area (Å²) in [5.41, 5.74) is 1.84. The summed E-state index contributed by atoms with van der Waals surface area (Å²) in [5, 5.41) is 3.04. The molecule has 4 rings (SSSR count). The van der Waals surface area contributed by atoms with Gasteiger partial charge in [-0.05, 0) is 53.6 Å². The van der Waals surface area contributed by atoms with Gasteiger partial charge in [-0.15, -0.1) is 11.3 Å². The van der Waals surface area contributed by atoms with Gasteiger partial charge in [0.25, 0.3) is 0 Å². The van der Waals surface area contributed by atoms with E-state index in [2.05, 4.69) is 10.3 Å². The Kier molecular flexibility index (Phi) is 6.47. The smallest absolute Gasteiger partial charge is 0.244 e. The zero-order chi connectivity index (χ0) is 22.5. The predicted octanol–water partition coefficient (Wildman–Crippen LogP) is 5.22. The molecule has 2 heterocycles. The minimum Gasteiger partial charge on any atom is -0.497 e. The lowest BCUT2D eigenvalue weighted by molar-refractivity contribution is -0.117. The highest BCUT2D eigenvalue weighted by Crippen LogP contribution is 2.29. The highest BCUT2D eigenvalue weighted by molar-refractivity contribution is 7.16. The van der Waals surface area contributed by atoms with Crippen LogP contribution < -0.4 is 10.1 Å². The SMILES string of the molecule is COc1ccc(C(NC(=O)/C=C/c2ccc(-c3ccc(F)cc3)s2)c2nccn2C)cc1. The number of aromatic nitrogens is 2. The molecule has 1 amide bonds. The Morgan fingerprint density at radius 3 is 2.53 bits per heavy atom. The quantitative estimate of drug-likeness (QED) is 0.396. The molecule has 7 heteroatoms. The third-order valence-corrected chi connectivity index (χ3v) is 6.11. The van der Waals surface area contributed by atoms with Crippen LogP contribution in [0.25, 0.3) is 16.5 Å². The predicted molar refractivity (Wildman–Crippen MR) is 125 cm³/mol. The number of halogens is 1. The molecule has 0 saturated carbocycles. The molecular formula is C25H22FN3O2S. The van der Waals surface area contributed by atoms with Gasteiger partial charge in [0.1, 0.15) is 23.4 Å². The first-order chi connectivity index (χ1) is 15.5. The molecule has 1 atom stereocenters. The standard InChI is InChI=1S/C25H22FN3O2S/c1-29-16-15-27-25(29)24(18-5-9-20(31-2)10-6-18)28-23(30)14-12-21-11-13-22(32-21)17-3-7-19(26)8-4-17/h3-16,24H,1-2H3,(H,28,30)/b14-12+. The second-order valence-electron chi connectivity index (χ2n) is 7.15. The number of thiophene rings is 1. The summed E-state index contributed by atoms with van der Waals surface area (Å²) in [4.78, 5) is 19.1. The van der Waals surface area contributed by atoms with Crippen LogP contribution in [0.1, 0.15) is 22.3 Å². The average molecular weight is 448 g/mol. The van der Waals surface area contributed by atoms with Crippen molar-refractivity contribution in [1.29, 1.82) is 0 Å². The number of ether oxygens (including phenoxy) is 1. The molecule has 162 valence electrons. The third kappa shape index (κ3) is 4.95. The molecule has 0 spiro atoms. The van der Waals surface area contributed by atoms with E-state index in [1.165, 1.54) is 29.5 Å². The van der Waals surface area contributed by atoms with Crippen molar-refractivity contribution in [3.8, 4) is 16.2 Å². The first-order valence-corrected chi connectivity index (χ1v) is 10.8. The maximum Gasteiger partial charge on any atom is 0.244 e. The summed E-state index contributed by atoms with van der Waals surface area (Å²) in [5.74, 6) is 0.978. The molecular weight excluding hydrogens is 425 g/mol. The van der Waals surface area contributed by atoms with Crippen LogP contribution in [0, 0.1) is 5.82 Å². The van der Waals surface area contributed by atoms with E-state index in [-0.39, 0.29) is 11.7 Å². The monoisotopic (exact) mass is 447 g/mol. The Labute approximate surface area is 189 Å². The zero-order valence-corrected chi connectivity index (χ0v) is 18.5. The number of benzene rings is 2. The normalized spacial score (nSPS) is 12.1. The molecule has 32 heavy (non-hydrogen) atoms. The van der Waals surface area contributed by atoms with Crippen LogP contribution in [0.15, 0.2) is 79.1 Å². The fourth-order valence-corrected chi connectivity index (χ4v) is 4.22. The van der Waals surface area contributed by atoms with E-state index in [9.17, 15) is 9.18 Å². The molecule has 0 aliphatic rings. The molecule has 4 aromatic rings. The van der Waals surface area contributed by atoms with E-state index in [0.717, 1.165) is 32.5 Å². The number of methoxy groups -OCH3 is 1. The first kappa shape index (κ1) is 21.5. The highest BCUT2D eigenvalue weighted by Gasteiger charge is 2.20. The Morgan fingerprint density at radius 2 is 1.88 bits per heavy atom. The molecule has 1 unspecified atom stereocenters. The molecule has 0 saturated heterocycles. The number of rotatable bonds is 7. The van der Waals surface area contributed by atoms with Crippen LogP contribution >= 0.6 is 11.3 Å². The van der Waals surface area contributed by atoms with E-state index in [4.69, 9.17) is 4.74 Å². The number of carbonyl (C=O) groups excluding carboxylic acids is 1. The van der Waals surface area contributed by atoms with E-state index in [1.807, 2.05) is 54.2 Å². The molecule has 0 radical (unpaired) electrons. The molecule has 0 aliphatic heterocycles. The van der Waals surface area contributed by atoms with Crippen molar-refractivity contribution in [2.45, 2.75) is 6.04 Å². The van der Waals surface area contributed by atoms with Crippen LogP contribution in [0.2, 0.25) is 0 Å². The van der Waals surface area contributed by atoms with Gasteiger partial charge >= 0.3 is 0 Å². The van der Waals surface area contributed by atoms with Gasteiger partial charge in [-0.25, -0.2) is 9.37 Å². The summed E-state index contributed by atoms with van der Waals surface area (Å²) >= 11 is 1.53. The molecule has 2 aromatic carbocycles. The van der Waals surface area contributed by atoms with Gasteiger partial charge in [-0.3, -0.25) is 4.79 Å². The van der Waals surface area contributed by atoms with Crippen LogP contribution in [0.4, 0.5) is 4.39 Å². The van der Waals surface area contributed by atoms with Gasteiger partial charge in [0, 0.05) is 35.3 Å². The second-order valence-corrected chi connectivity index (χ2v) is 8.27. The summed E-state index contributed by atoms with van der Waals surface area (Å²) in [6, 6.07) is 17.4. The summed E-state index contributed by atoms with van der Waals surface area (Å²) in [6.45, 7) is 0. The first-order valence-electron chi connectivity index (χ1n) is 9.99. The van der Waals surface area contributed by atoms with Crippen molar-refractivity contribution in [1.82, 2.24) is 14.9 Å². The number of imidazole rings is 1. The van der Waals surface area contributed by atoms with E-state index in [0.29, 0.717) is 0 Å². The molecule has 0 aliphatic carbocycles. The van der Waals surface area contributed by atoms with Gasteiger partial charge in [-0.2, -0.15) is 0 Å². The molecule has 5 nitrogen and oxygen atoms in total. The largest absolute Gasteiger partial charge is 0.497 e. The fourth-order valence-electron chi connectivity index (χ4n) is 3.31. The van der Waals surface area contributed by atoms with E-state index < -0.39 is 6.04 Å². The number of nitrogens with one attached hydrogen (secondary N) is 1. The number of aryl methyl sites for hydroxylation is 1. The Hall–Kier alpha value is -3.71. The van der Waals surface area contributed by atoms with Crippen LogP contribution in [-0.4, -0.2) is 22.6 Å². The van der Waals surface area contributed by atoms with Gasteiger partial charge < -0.3 is 14.6 Å². The van der Waals surface area contributed by atoms with Crippen molar-refractivity contribution in [3.63, 3.8) is 0 Å². The van der Waals surface area contributed by atoms with E-state index in [1.54, 1.807) is 31.5 Å². The molecule has 2 aromatic heterocycles. The van der Waals surface area contributed by atoms with E-state index >= 15 is 0 Å². The lowest BCUT2D eigenvalue weighted by Gasteiger charge is -2.18. The van der Waals surface area contributed by atoms with Gasteiger partial charge in [-0.1, -0.05) is 24.3 Å². The molecule has 0 bridgehead atoms. The molecule has 0 fully saturated rings. The summed E-state index contributed by atoms with van der Waals surface area (Å²) in [7, 11) is 3.51. The van der Waals surface area contributed by atoms with Gasteiger partial charge in [0.15, 0.2) is 0 Å². The number of hydrogen-bond acceptors (Lipinski definition) is 4. The van der Waals surface area contributed by atoms with Crippen LogP contribution in [0.5, 0.6) is 5.75 Å². The maximum absolute atomic E-state index is 13.1. The van der Waals surface area contributed by atoms with Crippen LogP contribution in [-0.2, 0) is 11.8 Å². The van der Waals surface area contributed by atoms with Gasteiger partial charge in [0.2, 0.25) is 5.91 Å². The van der Waals surface area contributed by atoms with Crippen molar-refractivity contribution < 1.29 is 13.9 Å². The number of carbonyl (C=O) groups is 1. The fraction of sp³-hybridized carbons (Fsp3) is 0.120. The highest BCUT2D eigenvalue weighted by atomic mass is 32.1. The lowest BCUT2D eigenvalue weighted by Crippen LogP contribution is -2.29. The van der Waals surface area contributed by atoms with Crippen molar-refractivity contribution >= 4 is 23.3 Å². The topological polar surface area (TPSA) is 56.1 Å². The van der Waals surface area contributed by atoms with Crippen LogP contribution in [0.3, 0.4) is 0 Å². The number of hydrogen-bond donors (Lipinski definition) is 1. The van der Waals surface area contributed by atoms with Crippen molar-refractivity contribution in [3.05, 3.63) is 101 Å². The van der Waals surface area contributed by atoms with Crippen molar-refractivity contribution in [2.24, 2.45) is 7.05 Å². The molecule has 1 N–H and O–H groups in total. The minimum absolute atomic E-state index is 0.231. The Balaban J connectivity index is 1.50.